The van der Waals surface area contributed by atoms with Gasteiger partial charge in [-0.15, -0.1) is 22.7 Å². The fourth-order valence-electron chi connectivity index (χ4n) is 2.02. The van der Waals surface area contributed by atoms with Gasteiger partial charge in [-0.1, -0.05) is 20.8 Å². The molecule has 2 aromatic rings. The molecule has 1 atom stereocenters. The van der Waals surface area contributed by atoms with Crippen molar-refractivity contribution in [1.82, 2.24) is 15.4 Å². The molecular formula is C14H22N4S2. The first-order valence-electron chi connectivity index (χ1n) is 6.66. The van der Waals surface area contributed by atoms with Gasteiger partial charge in [-0.05, 0) is 13.8 Å². The molecule has 0 spiro atoms. The number of rotatable bonds is 4. The van der Waals surface area contributed by atoms with Crippen LogP contribution in [0.3, 0.4) is 0 Å². The SMILES string of the molecule is Cc1nc(C)c(C(Cc2nc(C(C)(C)C)cs2)NN)s1. The normalized spacial score (nSPS) is 13.7. The predicted molar refractivity (Wildman–Crippen MR) is 86.2 cm³/mol. The fraction of sp³-hybridized carbons (Fsp3) is 0.571. The van der Waals surface area contributed by atoms with Crippen LogP contribution in [-0.2, 0) is 11.8 Å². The van der Waals surface area contributed by atoms with Crippen LogP contribution in [0.5, 0.6) is 0 Å². The average molecular weight is 310 g/mol. The smallest absolute Gasteiger partial charge is 0.0948 e. The molecule has 0 saturated carbocycles. The van der Waals surface area contributed by atoms with Crippen molar-refractivity contribution in [3.63, 3.8) is 0 Å². The summed E-state index contributed by atoms with van der Waals surface area (Å²) in [6.45, 7) is 10.6. The van der Waals surface area contributed by atoms with Crippen LogP contribution in [0, 0.1) is 13.8 Å². The van der Waals surface area contributed by atoms with E-state index >= 15 is 0 Å². The van der Waals surface area contributed by atoms with Crippen molar-refractivity contribution in [3.05, 3.63) is 31.7 Å². The molecule has 2 heterocycles. The van der Waals surface area contributed by atoms with Crippen molar-refractivity contribution in [1.29, 1.82) is 0 Å². The summed E-state index contributed by atoms with van der Waals surface area (Å²) in [6.07, 6.45) is 0.805. The molecule has 3 N–H and O–H groups in total. The highest BCUT2D eigenvalue weighted by atomic mass is 32.1. The highest BCUT2D eigenvalue weighted by Gasteiger charge is 2.21. The number of aryl methyl sites for hydroxylation is 2. The standard InChI is InChI=1S/C14H22N4S2/c1-8-13(20-9(2)16-8)10(18-15)6-12-17-11(7-19-12)14(3,4)5/h7,10,18H,6,15H2,1-5H3. The zero-order valence-electron chi connectivity index (χ0n) is 12.7. The Morgan fingerprint density at radius 2 is 2.00 bits per heavy atom. The number of nitrogens with two attached hydrogens (primary N) is 1. The Morgan fingerprint density at radius 1 is 1.30 bits per heavy atom. The summed E-state index contributed by atoms with van der Waals surface area (Å²) < 4.78 is 0. The maximum atomic E-state index is 5.73. The van der Waals surface area contributed by atoms with E-state index < -0.39 is 0 Å². The van der Waals surface area contributed by atoms with Gasteiger partial charge in [0.2, 0.25) is 0 Å². The van der Waals surface area contributed by atoms with Gasteiger partial charge in [0.15, 0.2) is 0 Å². The second-order valence-electron chi connectivity index (χ2n) is 5.98. The summed E-state index contributed by atoms with van der Waals surface area (Å²) in [7, 11) is 0. The molecule has 0 fully saturated rings. The average Bonchev–Trinajstić information content (AvgIpc) is 2.92. The second kappa shape index (κ2) is 5.89. The van der Waals surface area contributed by atoms with Gasteiger partial charge in [0, 0.05) is 22.1 Å². The molecule has 2 rings (SSSR count). The highest BCUT2D eigenvalue weighted by molar-refractivity contribution is 7.11. The van der Waals surface area contributed by atoms with Crippen molar-refractivity contribution >= 4 is 22.7 Å². The van der Waals surface area contributed by atoms with Gasteiger partial charge >= 0.3 is 0 Å². The van der Waals surface area contributed by atoms with Crippen molar-refractivity contribution < 1.29 is 0 Å². The zero-order valence-corrected chi connectivity index (χ0v) is 14.3. The third kappa shape index (κ3) is 3.44. The topological polar surface area (TPSA) is 63.8 Å². The first-order valence-corrected chi connectivity index (χ1v) is 8.36. The van der Waals surface area contributed by atoms with Crippen LogP contribution >= 0.6 is 22.7 Å². The molecular weight excluding hydrogens is 288 g/mol. The lowest BCUT2D eigenvalue weighted by Crippen LogP contribution is -2.29. The van der Waals surface area contributed by atoms with Crippen molar-refractivity contribution in [2.75, 3.05) is 0 Å². The van der Waals surface area contributed by atoms with Crippen LogP contribution in [0.1, 0.15) is 53.1 Å². The van der Waals surface area contributed by atoms with Crippen LogP contribution in [0.2, 0.25) is 0 Å². The lowest BCUT2D eigenvalue weighted by molar-refractivity contribution is 0.544. The van der Waals surface area contributed by atoms with Crippen molar-refractivity contribution in [3.8, 4) is 0 Å². The molecule has 0 aromatic carbocycles. The molecule has 0 saturated heterocycles. The monoisotopic (exact) mass is 310 g/mol. The largest absolute Gasteiger partial charge is 0.271 e. The first kappa shape index (κ1) is 15.6. The number of hydrogen-bond acceptors (Lipinski definition) is 6. The quantitative estimate of drug-likeness (QED) is 0.672. The maximum Gasteiger partial charge on any atom is 0.0948 e. The minimum Gasteiger partial charge on any atom is -0.271 e. The maximum absolute atomic E-state index is 5.73. The number of aromatic nitrogens is 2. The molecule has 0 bridgehead atoms. The van der Waals surface area contributed by atoms with Gasteiger partial charge in [-0.3, -0.25) is 11.3 Å². The van der Waals surface area contributed by atoms with Crippen molar-refractivity contribution in [2.45, 2.75) is 52.5 Å². The summed E-state index contributed by atoms with van der Waals surface area (Å²) in [6, 6.07) is 0.0835. The number of hydrogen-bond donors (Lipinski definition) is 2. The number of nitrogens with zero attached hydrogens (tertiary/aromatic N) is 2. The molecule has 0 aliphatic carbocycles. The van der Waals surface area contributed by atoms with Gasteiger partial charge in [-0.25, -0.2) is 9.97 Å². The fourth-order valence-corrected chi connectivity index (χ4v) is 4.08. The number of thiazole rings is 2. The lowest BCUT2D eigenvalue weighted by atomic mass is 9.93. The van der Waals surface area contributed by atoms with Gasteiger partial charge in [-0.2, -0.15) is 0 Å². The van der Waals surface area contributed by atoms with Gasteiger partial charge in [0.25, 0.3) is 0 Å². The van der Waals surface area contributed by atoms with Crippen molar-refractivity contribution in [2.24, 2.45) is 5.84 Å². The van der Waals surface area contributed by atoms with E-state index in [4.69, 9.17) is 10.8 Å². The number of hydrazine groups is 1. The van der Waals surface area contributed by atoms with Crippen LogP contribution in [0.4, 0.5) is 0 Å². The molecule has 4 nitrogen and oxygen atoms in total. The minimum atomic E-state index is 0.0835. The summed E-state index contributed by atoms with van der Waals surface area (Å²) >= 11 is 3.41. The van der Waals surface area contributed by atoms with E-state index in [0.717, 1.165) is 27.8 Å². The molecule has 0 amide bonds. The van der Waals surface area contributed by atoms with Crippen LogP contribution in [0.25, 0.3) is 0 Å². The summed E-state index contributed by atoms with van der Waals surface area (Å²) in [4.78, 5) is 10.4. The molecule has 0 aliphatic rings. The molecule has 6 heteroatoms. The summed E-state index contributed by atoms with van der Waals surface area (Å²) in [5.41, 5.74) is 5.20. The van der Waals surface area contributed by atoms with E-state index in [1.165, 1.54) is 4.88 Å². The third-order valence-electron chi connectivity index (χ3n) is 3.16. The van der Waals surface area contributed by atoms with Crippen LogP contribution in [-0.4, -0.2) is 9.97 Å². The third-order valence-corrected chi connectivity index (χ3v) is 5.21. The Balaban J connectivity index is 2.19. The Hall–Kier alpha value is -0.820. The first-order chi connectivity index (χ1) is 9.31. The highest BCUT2D eigenvalue weighted by Crippen LogP contribution is 2.30. The van der Waals surface area contributed by atoms with E-state index in [0.29, 0.717) is 0 Å². The lowest BCUT2D eigenvalue weighted by Gasteiger charge is -2.15. The van der Waals surface area contributed by atoms with Crippen LogP contribution < -0.4 is 11.3 Å². The van der Waals surface area contributed by atoms with E-state index in [1.807, 2.05) is 13.8 Å². The summed E-state index contributed by atoms with van der Waals surface area (Å²) in [5.74, 6) is 5.73. The van der Waals surface area contributed by atoms with E-state index in [9.17, 15) is 0 Å². The minimum absolute atomic E-state index is 0.0835. The molecule has 0 aliphatic heterocycles. The summed E-state index contributed by atoms with van der Waals surface area (Å²) in [5, 5.41) is 4.34. The molecule has 110 valence electrons. The Kier molecular flexibility index (Phi) is 4.59. The van der Waals surface area contributed by atoms with Crippen LogP contribution in [0.15, 0.2) is 5.38 Å². The van der Waals surface area contributed by atoms with Gasteiger partial charge < -0.3 is 0 Å². The Morgan fingerprint density at radius 3 is 2.45 bits per heavy atom. The predicted octanol–water partition coefficient (Wildman–Crippen LogP) is 3.26. The Labute approximate surface area is 128 Å². The zero-order chi connectivity index (χ0) is 14.9. The van der Waals surface area contributed by atoms with E-state index in [-0.39, 0.29) is 11.5 Å². The number of nitrogens with one attached hydrogen (secondary N) is 1. The molecule has 1 unspecified atom stereocenters. The molecule has 2 aromatic heterocycles. The second-order valence-corrected chi connectivity index (χ2v) is 8.16. The Bertz CT molecular complexity index is 580. The molecule has 0 radical (unpaired) electrons. The van der Waals surface area contributed by atoms with Gasteiger partial charge in [0.1, 0.15) is 0 Å². The molecule has 20 heavy (non-hydrogen) atoms. The van der Waals surface area contributed by atoms with E-state index in [2.05, 4.69) is 36.6 Å². The van der Waals surface area contributed by atoms with Gasteiger partial charge in [0.05, 0.1) is 27.4 Å². The van der Waals surface area contributed by atoms with E-state index in [1.54, 1.807) is 22.7 Å².